The lowest BCUT2D eigenvalue weighted by Gasteiger charge is -2.12. The standard InChI is InChI=1S/C15H13Cl3N2OS/c1-8-5-9(16)3-4-13(8)22-14-11(17)6-10(7-12(14)18)20-15(21)19-2/h3-7H,1-2H3,(H2,19,20,21). The third kappa shape index (κ3) is 4.23. The van der Waals surface area contributed by atoms with Crippen LogP contribution in [0.5, 0.6) is 0 Å². The number of rotatable bonds is 3. The van der Waals surface area contributed by atoms with Crippen molar-refractivity contribution in [2.45, 2.75) is 16.7 Å². The Kier molecular flexibility index (Phi) is 5.87. The molecule has 0 heterocycles. The van der Waals surface area contributed by atoms with E-state index in [4.69, 9.17) is 34.8 Å². The zero-order chi connectivity index (χ0) is 16.3. The second-order valence-electron chi connectivity index (χ2n) is 4.49. The van der Waals surface area contributed by atoms with Gasteiger partial charge >= 0.3 is 6.03 Å². The number of anilines is 1. The number of benzene rings is 2. The maximum atomic E-state index is 11.3. The number of hydrogen-bond acceptors (Lipinski definition) is 2. The van der Waals surface area contributed by atoms with Crippen molar-refractivity contribution in [3.05, 3.63) is 51.0 Å². The van der Waals surface area contributed by atoms with E-state index in [1.165, 1.54) is 18.8 Å². The van der Waals surface area contributed by atoms with E-state index in [1.54, 1.807) is 12.1 Å². The fourth-order valence-corrected chi connectivity index (χ4v) is 3.59. The molecule has 0 aliphatic heterocycles. The summed E-state index contributed by atoms with van der Waals surface area (Å²) in [6, 6.07) is 8.62. The molecule has 0 fully saturated rings. The average molecular weight is 376 g/mol. The van der Waals surface area contributed by atoms with Crippen LogP contribution < -0.4 is 10.6 Å². The normalized spacial score (nSPS) is 10.4. The van der Waals surface area contributed by atoms with E-state index in [1.807, 2.05) is 25.1 Å². The van der Waals surface area contributed by atoms with Crippen molar-refractivity contribution in [2.24, 2.45) is 0 Å². The molecule has 2 rings (SSSR count). The smallest absolute Gasteiger partial charge is 0.318 e. The van der Waals surface area contributed by atoms with Crippen molar-refractivity contribution in [3.8, 4) is 0 Å². The Morgan fingerprint density at radius 2 is 1.73 bits per heavy atom. The van der Waals surface area contributed by atoms with E-state index in [0.717, 1.165) is 15.4 Å². The van der Waals surface area contributed by atoms with E-state index < -0.39 is 0 Å². The molecular formula is C15H13Cl3N2OS. The number of halogens is 3. The minimum Gasteiger partial charge on any atom is -0.341 e. The first-order chi connectivity index (χ1) is 10.4. The molecule has 0 aliphatic rings. The van der Waals surface area contributed by atoms with Crippen molar-refractivity contribution in [1.82, 2.24) is 5.32 Å². The predicted octanol–water partition coefficient (Wildman–Crippen LogP) is 5.86. The predicted molar refractivity (Wildman–Crippen MR) is 94.9 cm³/mol. The summed E-state index contributed by atoms with van der Waals surface area (Å²) in [5, 5.41) is 6.73. The lowest BCUT2D eigenvalue weighted by Crippen LogP contribution is -2.24. The zero-order valence-electron chi connectivity index (χ0n) is 11.8. The van der Waals surface area contributed by atoms with Gasteiger partial charge in [-0.05, 0) is 42.8 Å². The number of hydrogen-bond donors (Lipinski definition) is 2. The van der Waals surface area contributed by atoms with Gasteiger partial charge in [-0.15, -0.1) is 0 Å². The van der Waals surface area contributed by atoms with Gasteiger partial charge in [-0.2, -0.15) is 0 Å². The van der Waals surface area contributed by atoms with Gasteiger partial charge in [0.25, 0.3) is 0 Å². The van der Waals surface area contributed by atoms with Crippen LogP contribution >= 0.6 is 46.6 Å². The number of amides is 2. The van der Waals surface area contributed by atoms with Crippen LogP contribution in [-0.2, 0) is 0 Å². The number of nitrogens with one attached hydrogen (secondary N) is 2. The van der Waals surface area contributed by atoms with Crippen LogP contribution in [0.2, 0.25) is 15.1 Å². The molecule has 3 nitrogen and oxygen atoms in total. The van der Waals surface area contributed by atoms with Gasteiger partial charge in [0.15, 0.2) is 0 Å². The zero-order valence-corrected chi connectivity index (χ0v) is 14.9. The van der Waals surface area contributed by atoms with Gasteiger partial charge in [-0.25, -0.2) is 4.79 Å². The first-order valence-corrected chi connectivity index (χ1v) is 8.27. The van der Waals surface area contributed by atoms with Gasteiger partial charge < -0.3 is 10.6 Å². The second-order valence-corrected chi connectivity index (χ2v) is 6.79. The molecule has 0 spiro atoms. The lowest BCUT2D eigenvalue weighted by atomic mass is 10.2. The molecule has 0 aliphatic carbocycles. The Hall–Kier alpha value is -1.07. The summed E-state index contributed by atoms with van der Waals surface area (Å²) in [5.74, 6) is 0. The molecule has 2 aromatic carbocycles. The van der Waals surface area contributed by atoms with Crippen molar-refractivity contribution >= 4 is 58.3 Å². The van der Waals surface area contributed by atoms with E-state index in [2.05, 4.69) is 10.6 Å². The molecule has 22 heavy (non-hydrogen) atoms. The van der Waals surface area contributed by atoms with Gasteiger partial charge in [0, 0.05) is 27.5 Å². The van der Waals surface area contributed by atoms with E-state index in [-0.39, 0.29) is 6.03 Å². The molecule has 0 unspecified atom stereocenters. The molecular weight excluding hydrogens is 363 g/mol. The fourth-order valence-electron chi connectivity index (χ4n) is 1.76. The summed E-state index contributed by atoms with van der Waals surface area (Å²) in [5.41, 5.74) is 1.57. The number of urea groups is 1. The van der Waals surface area contributed by atoms with E-state index in [0.29, 0.717) is 20.8 Å². The Labute approximate surface area is 148 Å². The van der Waals surface area contributed by atoms with Gasteiger partial charge in [0.2, 0.25) is 0 Å². The highest BCUT2D eigenvalue weighted by molar-refractivity contribution is 7.99. The summed E-state index contributed by atoms with van der Waals surface area (Å²) >= 11 is 20.0. The summed E-state index contributed by atoms with van der Waals surface area (Å²) < 4.78 is 0. The van der Waals surface area contributed by atoms with Crippen LogP contribution in [0, 0.1) is 6.92 Å². The molecule has 0 saturated heterocycles. The first-order valence-electron chi connectivity index (χ1n) is 6.32. The third-order valence-electron chi connectivity index (χ3n) is 2.83. The van der Waals surface area contributed by atoms with Crippen LogP contribution in [0.4, 0.5) is 10.5 Å². The molecule has 0 aromatic heterocycles. The molecule has 7 heteroatoms. The minimum absolute atomic E-state index is 0.332. The SMILES string of the molecule is CNC(=O)Nc1cc(Cl)c(Sc2ccc(Cl)cc2C)c(Cl)c1. The molecule has 0 radical (unpaired) electrons. The number of carbonyl (C=O) groups is 1. The van der Waals surface area contributed by atoms with Gasteiger partial charge in [0.05, 0.1) is 10.0 Å². The minimum atomic E-state index is -0.332. The Morgan fingerprint density at radius 3 is 2.27 bits per heavy atom. The topological polar surface area (TPSA) is 41.1 Å². The summed E-state index contributed by atoms with van der Waals surface area (Å²) in [7, 11) is 1.53. The van der Waals surface area contributed by atoms with Crippen LogP contribution in [0.1, 0.15) is 5.56 Å². The highest BCUT2D eigenvalue weighted by atomic mass is 35.5. The van der Waals surface area contributed by atoms with E-state index in [9.17, 15) is 4.79 Å². The van der Waals surface area contributed by atoms with Gasteiger partial charge in [-0.3, -0.25) is 0 Å². The van der Waals surface area contributed by atoms with E-state index >= 15 is 0 Å². The molecule has 116 valence electrons. The van der Waals surface area contributed by atoms with Crippen molar-refractivity contribution in [2.75, 3.05) is 12.4 Å². The molecule has 0 atom stereocenters. The monoisotopic (exact) mass is 374 g/mol. The first kappa shape index (κ1) is 17.3. The average Bonchev–Trinajstić information content (AvgIpc) is 2.44. The third-order valence-corrected chi connectivity index (χ3v) is 5.21. The number of aryl methyl sites for hydroxylation is 1. The largest absolute Gasteiger partial charge is 0.341 e. The van der Waals surface area contributed by atoms with Crippen LogP contribution in [0.15, 0.2) is 40.1 Å². The highest BCUT2D eigenvalue weighted by Gasteiger charge is 2.12. The van der Waals surface area contributed by atoms with Crippen LogP contribution in [0.25, 0.3) is 0 Å². The van der Waals surface area contributed by atoms with Crippen molar-refractivity contribution < 1.29 is 4.79 Å². The summed E-state index contributed by atoms with van der Waals surface area (Å²) in [6.07, 6.45) is 0. The molecule has 0 bridgehead atoms. The Balaban J connectivity index is 2.30. The molecule has 2 aromatic rings. The molecule has 2 N–H and O–H groups in total. The summed E-state index contributed by atoms with van der Waals surface area (Å²) in [6.45, 7) is 1.97. The summed E-state index contributed by atoms with van der Waals surface area (Å²) in [4.78, 5) is 13.1. The van der Waals surface area contributed by atoms with Crippen molar-refractivity contribution in [1.29, 1.82) is 0 Å². The molecule has 2 amide bonds. The Morgan fingerprint density at radius 1 is 1.09 bits per heavy atom. The molecule has 0 saturated carbocycles. The van der Waals surface area contributed by atoms with Gasteiger partial charge in [-0.1, -0.05) is 46.6 Å². The second kappa shape index (κ2) is 7.47. The van der Waals surface area contributed by atoms with Gasteiger partial charge in [0.1, 0.15) is 0 Å². The van der Waals surface area contributed by atoms with Crippen LogP contribution in [0.3, 0.4) is 0 Å². The lowest BCUT2D eigenvalue weighted by molar-refractivity contribution is 0.254. The highest BCUT2D eigenvalue weighted by Crippen LogP contribution is 2.41. The van der Waals surface area contributed by atoms with Crippen molar-refractivity contribution in [3.63, 3.8) is 0 Å². The maximum absolute atomic E-state index is 11.3. The fraction of sp³-hybridized carbons (Fsp3) is 0.133. The maximum Gasteiger partial charge on any atom is 0.318 e. The van der Waals surface area contributed by atoms with Crippen LogP contribution in [-0.4, -0.2) is 13.1 Å². The quantitative estimate of drug-likeness (QED) is 0.705. The number of carbonyl (C=O) groups excluding carboxylic acids is 1. The Bertz CT molecular complexity index is 699.